The highest BCUT2D eigenvalue weighted by molar-refractivity contribution is 5.82. The normalized spacial score (nSPS) is 13.3. The maximum absolute atomic E-state index is 12.5. The SMILES string of the molecule is CCC(CC)N(CC(F)(F)F)C(=O)C(N)CCC(=O)O. The zero-order chi connectivity index (χ0) is 15.9. The number of hydrogen-bond donors (Lipinski definition) is 2. The topological polar surface area (TPSA) is 83.6 Å². The van der Waals surface area contributed by atoms with Gasteiger partial charge < -0.3 is 15.7 Å². The van der Waals surface area contributed by atoms with Crippen molar-refractivity contribution in [3.05, 3.63) is 0 Å². The molecule has 118 valence electrons. The molecule has 3 N–H and O–H groups in total. The van der Waals surface area contributed by atoms with Gasteiger partial charge in [-0.1, -0.05) is 13.8 Å². The van der Waals surface area contributed by atoms with Crippen molar-refractivity contribution in [2.45, 2.75) is 57.8 Å². The van der Waals surface area contributed by atoms with Gasteiger partial charge in [-0.3, -0.25) is 9.59 Å². The van der Waals surface area contributed by atoms with Crippen LogP contribution in [-0.2, 0) is 9.59 Å². The Morgan fingerprint density at radius 2 is 1.75 bits per heavy atom. The molecule has 0 spiro atoms. The van der Waals surface area contributed by atoms with Gasteiger partial charge in [0.2, 0.25) is 5.91 Å². The molecule has 1 atom stereocenters. The number of carbonyl (C=O) groups excluding carboxylic acids is 1. The fourth-order valence-electron chi connectivity index (χ4n) is 1.93. The van der Waals surface area contributed by atoms with E-state index >= 15 is 0 Å². The van der Waals surface area contributed by atoms with Gasteiger partial charge >= 0.3 is 12.1 Å². The minimum atomic E-state index is -4.51. The second-order valence-corrected chi connectivity index (χ2v) is 4.59. The molecule has 0 aliphatic heterocycles. The number of aliphatic carboxylic acids is 1. The molecule has 5 nitrogen and oxygen atoms in total. The summed E-state index contributed by atoms with van der Waals surface area (Å²) in [6.45, 7) is 2.01. The fraction of sp³-hybridized carbons (Fsp3) is 0.833. The second kappa shape index (κ2) is 8.08. The van der Waals surface area contributed by atoms with Gasteiger partial charge in [0.25, 0.3) is 0 Å². The average molecular weight is 298 g/mol. The third-order valence-corrected chi connectivity index (χ3v) is 3.00. The van der Waals surface area contributed by atoms with Crippen LogP contribution in [0.3, 0.4) is 0 Å². The third kappa shape index (κ3) is 6.74. The smallest absolute Gasteiger partial charge is 0.406 e. The number of nitrogens with zero attached hydrogens (tertiary/aromatic N) is 1. The van der Waals surface area contributed by atoms with E-state index < -0.39 is 36.7 Å². The molecule has 20 heavy (non-hydrogen) atoms. The molecule has 0 aromatic heterocycles. The molecule has 1 unspecified atom stereocenters. The maximum atomic E-state index is 12.5. The van der Waals surface area contributed by atoms with Crippen molar-refractivity contribution < 1.29 is 27.9 Å². The lowest BCUT2D eigenvalue weighted by molar-refractivity contribution is -0.167. The molecule has 0 saturated heterocycles. The standard InChI is InChI=1S/C12H21F3N2O3/c1-3-8(4-2)17(7-12(13,14)15)11(20)9(16)5-6-10(18)19/h8-9H,3-7,16H2,1-2H3,(H,18,19). The van der Waals surface area contributed by atoms with E-state index in [1.165, 1.54) is 0 Å². The monoisotopic (exact) mass is 298 g/mol. The summed E-state index contributed by atoms with van der Waals surface area (Å²) in [5.74, 6) is -1.99. The van der Waals surface area contributed by atoms with Crippen LogP contribution in [0.15, 0.2) is 0 Å². The molecule has 0 aliphatic rings. The fourth-order valence-corrected chi connectivity index (χ4v) is 1.93. The highest BCUT2D eigenvalue weighted by Crippen LogP contribution is 2.21. The predicted molar refractivity (Wildman–Crippen MR) is 67.0 cm³/mol. The van der Waals surface area contributed by atoms with Gasteiger partial charge in [0, 0.05) is 12.5 Å². The number of carboxylic acids is 1. The predicted octanol–water partition coefficient (Wildman–Crippen LogP) is 1.76. The van der Waals surface area contributed by atoms with Crippen LogP contribution in [0.5, 0.6) is 0 Å². The van der Waals surface area contributed by atoms with Gasteiger partial charge in [0.15, 0.2) is 0 Å². The van der Waals surface area contributed by atoms with E-state index in [1.54, 1.807) is 13.8 Å². The van der Waals surface area contributed by atoms with Gasteiger partial charge in [-0.2, -0.15) is 13.2 Å². The summed E-state index contributed by atoms with van der Waals surface area (Å²) in [4.78, 5) is 23.1. The van der Waals surface area contributed by atoms with E-state index in [-0.39, 0.29) is 12.8 Å². The van der Waals surface area contributed by atoms with Crippen LogP contribution in [0.1, 0.15) is 39.5 Å². The Morgan fingerprint density at radius 1 is 1.25 bits per heavy atom. The molecule has 0 bridgehead atoms. The van der Waals surface area contributed by atoms with E-state index in [0.717, 1.165) is 0 Å². The molecular formula is C12H21F3N2O3. The van der Waals surface area contributed by atoms with Crippen molar-refractivity contribution in [1.29, 1.82) is 0 Å². The van der Waals surface area contributed by atoms with E-state index in [9.17, 15) is 22.8 Å². The minimum Gasteiger partial charge on any atom is -0.481 e. The van der Waals surface area contributed by atoms with Crippen molar-refractivity contribution in [2.75, 3.05) is 6.54 Å². The minimum absolute atomic E-state index is 0.178. The third-order valence-electron chi connectivity index (χ3n) is 3.00. The summed E-state index contributed by atoms with van der Waals surface area (Å²) >= 11 is 0. The summed E-state index contributed by atoms with van der Waals surface area (Å²) in [6.07, 6.45) is -4.28. The summed E-state index contributed by atoms with van der Waals surface area (Å²) in [7, 11) is 0. The Hall–Kier alpha value is -1.31. The molecule has 0 aliphatic carbocycles. The molecule has 0 rings (SSSR count). The van der Waals surface area contributed by atoms with Crippen molar-refractivity contribution in [3.8, 4) is 0 Å². The number of alkyl halides is 3. The first-order valence-electron chi connectivity index (χ1n) is 6.46. The second-order valence-electron chi connectivity index (χ2n) is 4.59. The van der Waals surface area contributed by atoms with E-state index in [0.29, 0.717) is 17.7 Å². The Morgan fingerprint density at radius 3 is 2.10 bits per heavy atom. The van der Waals surface area contributed by atoms with E-state index in [1.807, 2.05) is 0 Å². The van der Waals surface area contributed by atoms with Crippen LogP contribution in [0.4, 0.5) is 13.2 Å². The number of hydrogen-bond acceptors (Lipinski definition) is 3. The Bertz CT molecular complexity index is 330. The first kappa shape index (κ1) is 18.7. The van der Waals surface area contributed by atoms with E-state index in [4.69, 9.17) is 10.8 Å². The van der Waals surface area contributed by atoms with Gasteiger partial charge in [-0.25, -0.2) is 0 Å². The van der Waals surface area contributed by atoms with Gasteiger partial charge in [-0.05, 0) is 19.3 Å². The average Bonchev–Trinajstić information content (AvgIpc) is 2.33. The summed E-state index contributed by atoms with van der Waals surface area (Å²) in [6, 6.07) is -1.78. The lowest BCUT2D eigenvalue weighted by atomic mass is 10.1. The van der Waals surface area contributed by atoms with Crippen LogP contribution in [-0.4, -0.2) is 46.7 Å². The summed E-state index contributed by atoms with van der Waals surface area (Å²) in [5.41, 5.74) is 5.51. The quantitative estimate of drug-likeness (QED) is 0.715. The Labute approximate surface area is 115 Å². The first-order valence-corrected chi connectivity index (χ1v) is 6.46. The first-order chi connectivity index (χ1) is 9.12. The molecule has 1 amide bonds. The molecule has 0 aromatic carbocycles. The number of amides is 1. The Kier molecular flexibility index (Phi) is 7.55. The number of halogens is 3. The largest absolute Gasteiger partial charge is 0.481 e. The highest BCUT2D eigenvalue weighted by atomic mass is 19.4. The van der Waals surface area contributed by atoms with E-state index in [2.05, 4.69) is 0 Å². The van der Waals surface area contributed by atoms with Crippen LogP contribution >= 0.6 is 0 Å². The van der Waals surface area contributed by atoms with Crippen molar-refractivity contribution in [3.63, 3.8) is 0 Å². The molecule has 0 fully saturated rings. The summed E-state index contributed by atoms with van der Waals surface area (Å²) in [5, 5.41) is 8.51. The molecular weight excluding hydrogens is 277 g/mol. The number of rotatable bonds is 8. The summed E-state index contributed by atoms with van der Waals surface area (Å²) < 4.78 is 37.6. The number of carboxylic acid groups (broad SMARTS) is 1. The molecule has 0 radical (unpaired) electrons. The lowest BCUT2D eigenvalue weighted by Crippen LogP contribution is -2.51. The van der Waals surface area contributed by atoms with Gasteiger partial charge in [0.05, 0.1) is 6.04 Å². The van der Waals surface area contributed by atoms with Crippen LogP contribution in [0.25, 0.3) is 0 Å². The lowest BCUT2D eigenvalue weighted by Gasteiger charge is -2.33. The molecule has 0 aromatic rings. The van der Waals surface area contributed by atoms with Crippen LogP contribution < -0.4 is 5.73 Å². The van der Waals surface area contributed by atoms with Crippen LogP contribution in [0, 0.1) is 0 Å². The van der Waals surface area contributed by atoms with Crippen molar-refractivity contribution in [2.24, 2.45) is 5.73 Å². The zero-order valence-electron chi connectivity index (χ0n) is 11.6. The van der Waals surface area contributed by atoms with Crippen LogP contribution in [0.2, 0.25) is 0 Å². The number of carbonyl (C=O) groups is 2. The highest BCUT2D eigenvalue weighted by Gasteiger charge is 2.37. The zero-order valence-corrected chi connectivity index (χ0v) is 11.6. The molecule has 0 saturated carbocycles. The van der Waals surface area contributed by atoms with Gasteiger partial charge in [-0.15, -0.1) is 0 Å². The van der Waals surface area contributed by atoms with Gasteiger partial charge in [0.1, 0.15) is 6.54 Å². The molecule has 8 heteroatoms. The van der Waals surface area contributed by atoms with Crippen molar-refractivity contribution >= 4 is 11.9 Å². The number of nitrogens with two attached hydrogens (primary N) is 1. The Balaban J connectivity index is 4.91. The van der Waals surface area contributed by atoms with Crippen molar-refractivity contribution in [1.82, 2.24) is 4.90 Å². The maximum Gasteiger partial charge on any atom is 0.406 e. The molecule has 0 heterocycles.